The van der Waals surface area contributed by atoms with Crippen molar-refractivity contribution in [2.45, 2.75) is 51.6 Å². The number of hydrogen-bond acceptors (Lipinski definition) is 3. The van der Waals surface area contributed by atoms with Crippen molar-refractivity contribution in [2.24, 2.45) is 5.41 Å². The lowest BCUT2D eigenvalue weighted by atomic mass is 9.87. The third-order valence-electron chi connectivity index (χ3n) is 5.91. The molecule has 154 valence electrons. The third-order valence-corrected chi connectivity index (χ3v) is 5.91. The summed E-state index contributed by atoms with van der Waals surface area (Å²) >= 11 is 0. The Hall–Kier alpha value is -2.66. The number of carboxylic acid groups (broad SMARTS) is 1. The molecule has 1 aromatic rings. The molecular formula is C24H30N2O3. The van der Waals surface area contributed by atoms with Crippen LogP contribution in [-0.4, -0.2) is 29.6 Å². The molecule has 0 saturated heterocycles. The average Bonchev–Trinajstić information content (AvgIpc) is 2.90. The number of nitrogens with one attached hydrogen (secondary N) is 2. The fourth-order valence-corrected chi connectivity index (χ4v) is 3.82. The van der Waals surface area contributed by atoms with Crippen LogP contribution in [0.2, 0.25) is 0 Å². The van der Waals surface area contributed by atoms with Gasteiger partial charge in [0.05, 0.1) is 0 Å². The summed E-state index contributed by atoms with van der Waals surface area (Å²) in [5.41, 5.74) is 3.24. The minimum atomic E-state index is -1.02. The maximum atomic E-state index is 12.6. The summed E-state index contributed by atoms with van der Waals surface area (Å²) in [4.78, 5) is 24.4. The van der Waals surface area contributed by atoms with Crippen LogP contribution >= 0.6 is 0 Å². The quantitative estimate of drug-likeness (QED) is 0.659. The monoisotopic (exact) mass is 394 g/mol. The van der Waals surface area contributed by atoms with E-state index < -0.39 is 12.0 Å². The van der Waals surface area contributed by atoms with Gasteiger partial charge >= 0.3 is 5.97 Å². The Balaban J connectivity index is 1.64. The molecule has 0 fully saturated rings. The highest BCUT2D eigenvalue weighted by Gasteiger charge is 2.26. The summed E-state index contributed by atoms with van der Waals surface area (Å²) in [6.45, 7) is 5.08. The molecule has 1 amide bonds. The summed E-state index contributed by atoms with van der Waals surface area (Å²) < 4.78 is 0. The van der Waals surface area contributed by atoms with Crippen LogP contribution in [0.5, 0.6) is 0 Å². The van der Waals surface area contributed by atoms with E-state index in [1.165, 1.54) is 5.56 Å². The summed E-state index contributed by atoms with van der Waals surface area (Å²) in [7, 11) is 0. The number of fused-ring (bicyclic) bond motifs is 1. The maximum Gasteiger partial charge on any atom is 0.326 e. The third kappa shape index (κ3) is 5.45. The van der Waals surface area contributed by atoms with E-state index in [1.807, 2.05) is 36.4 Å². The van der Waals surface area contributed by atoms with Crippen LogP contribution in [0, 0.1) is 5.41 Å². The van der Waals surface area contributed by atoms with Gasteiger partial charge in [0, 0.05) is 24.3 Å². The molecule has 1 heterocycles. The van der Waals surface area contributed by atoms with Crippen molar-refractivity contribution < 1.29 is 14.7 Å². The molecule has 1 aromatic carbocycles. The lowest BCUT2D eigenvalue weighted by Gasteiger charge is -2.27. The van der Waals surface area contributed by atoms with Gasteiger partial charge in [-0.15, -0.1) is 0 Å². The molecule has 0 radical (unpaired) electrons. The van der Waals surface area contributed by atoms with Crippen LogP contribution in [0.3, 0.4) is 0 Å². The summed E-state index contributed by atoms with van der Waals surface area (Å²) in [5, 5.41) is 15.7. The van der Waals surface area contributed by atoms with Gasteiger partial charge in [0.1, 0.15) is 6.04 Å². The fourth-order valence-electron chi connectivity index (χ4n) is 3.82. The lowest BCUT2D eigenvalue weighted by molar-refractivity contribution is -0.141. The zero-order chi connectivity index (χ0) is 20.9. The van der Waals surface area contributed by atoms with Crippen LogP contribution in [0.4, 0.5) is 0 Å². The number of rotatable bonds is 7. The standard InChI is InChI=1S/C24H30N2O3/c1-3-24(2)12-6-7-17(10-13-24)15-21(23(28)29)26-22(27)16-20-19-9-5-4-8-18(19)11-14-25-20/h4-10,12-13,20-21,25H,3,11,14-16H2,1-2H3,(H,26,27)(H,28,29). The Kier molecular flexibility index (Phi) is 6.70. The summed E-state index contributed by atoms with van der Waals surface area (Å²) in [6.07, 6.45) is 12.5. The Morgan fingerprint density at radius 1 is 1.31 bits per heavy atom. The zero-order valence-electron chi connectivity index (χ0n) is 17.2. The molecular weight excluding hydrogens is 364 g/mol. The van der Waals surface area contributed by atoms with E-state index in [2.05, 4.69) is 42.7 Å². The van der Waals surface area contributed by atoms with E-state index >= 15 is 0 Å². The van der Waals surface area contributed by atoms with E-state index in [1.54, 1.807) is 0 Å². The second kappa shape index (κ2) is 9.23. The molecule has 3 N–H and O–H groups in total. The molecule has 0 bridgehead atoms. The Labute approximate surface area is 172 Å². The van der Waals surface area contributed by atoms with Gasteiger partial charge in [0.25, 0.3) is 0 Å². The molecule has 0 saturated carbocycles. The van der Waals surface area contributed by atoms with Crippen LogP contribution in [0.25, 0.3) is 0 Å². The Morgan fingerprint density at radius 3 is 2.86 bits per heavy atom. The molecule has 1 aliphatic heterocycles. The van der Waals surface area contributed by atoms with Gasteiger partial charge in [0.2, 0.25) is 5.91 Å². The molecule has 1 aliphatic carbocycles. The second-order valence-corrected chi connectivity index (χ2v) is 8.12. The smallest absolute Gasteiger partial charge is 0.326 e. The highest BCUT2D eigenvalue weighted by Crippen LogP contribution is 2.28. The minimum Gasteiger partial charge on any atom is -0.480 e. The van der Waals surface area contributed by atoms with Gasteiger partial charge in [-0.25, -0.2) is 4.79 Å². The predicted molar refractivity (Wildman–Crippen MR) is 114 cm³/mol. The predicted octanol–water partition coefficient (Wildman–Crippen LogP) is 3.69. The Morgan fingerprint density at radius 2 is 2.10 bits per heavy atom. The van der Waals surface area contributed by atoms with E-state index in [0.717, 1.165) is 30.5 Å². The van der Waals surface area contributed by atoms with Gasteiger partial charge in [-0.05, 0) is 36.1 Å². The minimum absolute atomic E-state index is 0.0275. The molecule has 3 unspecified atom stereocenters. The van der Waals surface area contributed by atoms with Crippen LogP contribution in [0.1, 0.15) is 50.3 Å². The number of hydrogen-bond donors (Lipinski definition) is 3. The second-order valence-electron chi connectivity index (χ2n) is 8.12. The van der Waals surface area contributed by atoms with Crippen molar-refractivity contribution in [2.75, 3.05) is 6.54 Å². The topological polar surface area (TPSA) is 78.4 Å². The van der Waals surface area contributed by atoms with Gasteiger partial charge in [-0.2, -0.15) is 0 Å². The first-order valence-corrected chi connectivity index (χ1v) is 10.3. The highest BCUT2D eigenvalue weighted by molar-refractivity contribution is 5.84. The van der Waals surface area contributed by atoms with Crippen molar-refractivity contribution in [1.29, 1.82) is 0 Å². The first-order chi connectivity index (χ1) is 13.9. The van der Waals surface area contributed by atoms with Crippen LogP contribution in [-0.2, 0) is 16.0 Å². The van der Waals surface area contributed by atoms with E-state index in [4.69, 9.17) is 0 Å². The number of carboxylic acids is 1. The number of benzene rings is 1. The molecule has 5 nitrogen and oxygen atoms in total. The Bertz CT molecular complexity index is 855. The number of amides is 1. The molecule has 0 spiro atoms. The molecule has 3 rings (SSSR count). The van der Waals surface area contributed by atoms with E-state index in [-0.39, 0.29) is 30.2 Å². The molecule has 3 atom stereocenters. The SMILES string of the molecule is CCC1(C)C=CC=C(CC(NC(=O)CC2NCCc3ccccc32)C(=O)O)C=C1. The number of aliphatic carboxylic acids is 1. The number of carbonyl (C=O) groups is 2. The molecule has 0 aromatic heterocycles. The maximum absolute atomic E-state index is 12.6. The first-order valence-electron chi connectivity index (χ1n) is 10.3. The zero-order valence-corrected chi connectivity index (χ0v) is 17.2. The van der Waals surface area contributed by atoms with Crippen molar-refractivity contribution in [3.8, 4) is 0 Å². The largest absolute Gasteiger partial charge is 0.480 e. The van der Waals surface area contributed by atoms with Crippen molar-refractivity contribution >= 4 is 11.9 Å². The van der Waals surface area contributed by atoms with Crippen molar-refractivity contribution in [3.63, 3.8) is 0 Å². The highest BCUT2D eigenvalue weighted by atomic mass is 16.4. The normalized spacial score (nSPS) is 24.2. The van der Waals surface area contributed by atoms with Gasteiger partial charge < -0.3 is 15.7 Å². The van der Waals surface area contributed by atoms with Crippen molar-refractivity contribution in [1.82, 2.24) is 10.6 Å². The fraction of sp³-hybridized carbons (Fsp3) is 0.417. The van der Waals surface area contributed by atoms with Gasteiger partial charge in [0.15, 0.2) is 0 Å². The lowest BCUT2D eigenvalue weighted by Crippen LogP contribution is -2.43. The van der Waals surface area contributed by atoms with Crippen LogP contribution < -0.4 is 10.6 Å². The van der Waals surface area contributed by atoms with Gasteiger partial charge in [-0.1, -0.05) is 68.5 Å². The van der Waals surface area contributed by atoms with Crippen molar-refractivity contribution in [3.05, 3.63) is 71.3 Å². The van der Waals surface area contributed by atoms with Gasteiger partial charge in [-0.3, -0.25) is 4.79 Å². The number of carbonyl (C=O) groups excluding carboxylic acids is 1. The summed E-state index contributed by atoms with van der Waals surface area (Å²) in [6, 6.07) is 7.07. The summed E-state index contributed by atoms with van der Waals surface area (Å²) in [5.74, 6) is -1.27. The molecule has 29 heavy (non-hydrogen) atoms. The van der Waals surface area contributed by atoms with Crippen LogP contribution in [0.15, 0.2) is 60.2 Å². The number of allylic oxidation sites excluding steroid dienone is 5. The van der Waals surface area contributed by atoms with E-state index in [0.29, 0.717) is 0 Å². The first kappa shape index (κ1) is 21.1. The molecule has 2 aliphatic rings. The van der Waals surface area contributed by atoms with E-state index in [9.17, 15) is 14.7 Å². The molecule has 5 heteroatoms. The average molecular weight is 395 g/mol.